The van der Waals surface area contributed by atoms with Crippen LogP contribution in [0.25, 0.3) is 0 Å². The molecule has 0 radical (unpaired) electrons. The molecular weight excluding hydrogens is 285 g/mol. The Hall–Kier alpha value is -1.68. The lowest BCUT2D eigenvalue weighted by Gasteiger charge is -2.26. The number of aryl methyl sites for hydroxylation is 1. The minimum absolute atomic E-state index is 0.00861. The highest BCUT2D eigenvalue weighted by atomic mass is 32.1. The summed E-state index contributed by atoms with van der Waals surface area (Å²) in [6.07, 6.45) is 3.86. The van der Waals surface area contributed by atoms with Crippen molar-refractivity contribution < 1.29 is 9.18 Å². The fourth-order valence-corrected chi connectivity index (χ4v) is 4.02. The molecule has 2 nitrogen and oxygen atoms in total. The Balaban J connectivity index is 1.87. The van der Waals surface area contributed by atoms with Crippen molar-refractivity contribution >= 4 is 22.9 Å². The monoisotopic (exact) mass is 303 g/mol. The van der Waals surface area contributed by atoms with Gasteiger partial charge in [0.15, 0.2) is 0 Å². The number of carbonyl (C=O) groups is 1. The highest BCUT2D eigenvalue weighted by Gasteiger charge is 2.43. The van der Waals surface area contributed by atoms with Crippen molar-refractivity contribution in [2.45, 2.75) is 38.0 Å². The summed E-state index contributed by atoms with van der Waals surface area (Å²) in [5.74, 6) is -0.296. The maximum atomic E-state index is 13.6. The Bertz CT molecular complexity index is 645. The minimum Gasteiger partial charge on any atom is -0.325 e. The van der Waals surface area contributed by atoms with Crippen molar-refractivity contribution in [1.29, 1.82) is 0 Å². The molecule has 21 heavy (non-hydrogen) atoms. The lowest BCUT2D eigenvalue weighted by Crippen LogP contribution is -2.37. The molecule has 0 atom stereocenters. The molecule has 3 rings (SSSR count). The Kier molecular flexibility index (Phi) is 3.81. The number of anilines is 1. The molecule has 4 heteroatoms. The molecule has 1 aliphatic carbocycles. The van der Waals surface area contributed by atoms with E-state index in [2.05, 4.69) is 5.32 Å². The van der Waals surface area contributed by atoms with Gasteiger partial charge in [-0.15, -0.1) is 11.3 Å². The molecule has 1 aromatic heterocycles. The maximum absolute atomic E-state index is 13.6. The third-order valence-electron chi connectivity index (χ3n) is 4.31. The summed E-state index contributed by atoms with van der Waals surface area (Å²) < 4.78 is 13.6. The molecule has 0 spiro atoms. The maximum Gasteiger partial charge on any atom is 0.235 e. The SMILES string of the molecule is Cc1ccc(NC(=O)C2(c3cccs3)CCCC2)cc1F. The zero-order valence-electron chi connectivity index (χ0n) is 12.0. The summed E-state index contributed by atoms with van der Waals surface area (Å²) in [4.78, 5) is 13.9. The fraction of sp³-hybridized carbons (Fsp3) is 0.353. The van der Waals surface area contributed by atoms with Crippen LogP contribution in [0.5, 0.6) is 0 Å². The van der Waals surface area contributed by atoms with E-state index in [1.165, 1.54) is 6.07 Å². The van der Waals surface area contributed by atoms with Gasteiger partial charge in [-0.05, 0) is 48.9 Å². The quantitative estimate of drug-likeness (QED) is 0.879. The Morgan fingerprint density at radius 1 is 1.29 bits per heavy atom. The first-order valence-electron chi connectivity index (χ1n) is 7.23. The predicted octanol–water partition coefficient (Wildman–Crippen LogP) is 4.65. The van der Waals surface area contributed by atoms with Crippen molar-refractivity contribution in [3.63, 3.8) is 0 Å². The summed E-state index contributed by atoms with van der Waals surface area (Å²) in [6.45, 7) is 1.71. The van der Waals surface area contributed by atoms with Gasteiger partial charge in [0, 0.05) is 10.6 Å². The molecule has 110 valence electrons. The number of rotatable bonds is 3. The summed E-state index contributed by atoms with van der Waals surface area (Å²) >= 11 is 1.63. The second kappa shape index (κ2) is 5.60. The number of halogens is 1. The molecule has 1 aromatic carbocycles. The molecule has 1 amide bonds. The van der Waals surface area contributed by atoms with Crippen LogP contribution in [0.4, 0.5) is 10.1 Å². The number of amides is 1. The summed E-state index contributed by atoms with van der Waals surface area (Å²) in [5, 5.41) is 4.92. The summed E-state index contributed by atoms with van der Waals surface area (Å²) in [7, 11) is 0. The first-order valence-corrected chi connectivity index (χ1v) is 8.11. The van der Waals surface area contributed by atoms with Crippen LogP contribution in [0, 0.1) is 12.7 Å². The van der Waals surface area contributed by atoms with Gasteiger partial charge in [-0.1, -0.05) is 25.0 Å². The number of hydrogen-bond donors (Lipinski definition) is 1. The Morgan fingerprint density at radius 3 is 2.67 bits per heavy atom. The molecule has 1 fully saturated rings. The minimum atomic E-state index is -0.435. The number of hydrogen-bond acceptors (Lipinski definition) is 2. The molecule has 1 N–H and O–H groups in total. The van der Waals surface area contributed by atoms with Crippen LogP contribution in [0.1, 0.15) is 36.1 Å². The number of nitrogens with one attached hydrogen (secondary N) is 1. The largest absolute Gasteiger partial charge is 0.325 e. The van der Waals surface area contributed by atoms with E-state index < -0.39 is 5.41 Å². The van der Waals surface area contributed by atoms with Crippen molar-refractivity contribution in [1.82, 2.24) is 0 Å². The van der Waals surface area contributed by atoms with Crippen LogP contribution >= 0.6 is 11.3 Å². The van der Waals surface area contributed by atoms with E-state index in [1.807, 2.05) is 17.5 Å². The first-order chi connectivity index (χ1) is 10.1. The van der Waals surface area contributed by atoms with Gasteiger partial charge in [0.05, 0.1) is 5.41 Å². The topological polar surface area (TPSA) is 29.1 Å². The number of benzene rings is 1. The van der Waals surface area contributed by atoms with Gasteiger partial charge in [0.2, 0.25) is 5.91 Å². The second-order valence-corrected chi connectivity index (χ2v) is 6.63. The third kappa shape index (κ3) is 2.60. The summed E-state index contributed by atoms with van der Waals surface area (Å²) in [6, 6.07) is 8.86. The van der Waals surface area contributed by atoms with E-state index in [9.17, 15) is 9.18 Å². The van der Waals surface area contributed by atoms with Gasteiger partial charge in [0.1, 0.15) is 5.82 Å². The zero-order valence-corrected chi connectivity index (χ0v) is 12.8. The molecule has 2 aromatic rings. The lowest BCUT2D eigenvalue weighted by molar-refractivity contribution is -0.121. The van der Waals surface area contributed by atoms with E-state index in [4.69, 9.17) is 0 Å². The third-order valence-corrected chi connectivity index (χ3v) is 5.39. The number of thiophene rings is 1. The molecule has 0 saturated heterocycles. The van der Waals surface area contributed by atoms with Crippen molar-refractivity contribution in [3.8, 4) is 0 Å². The smallest absolute Gasteiger partial charge is 0.235 e. The molecule has 1 saturated carbocycles. The van der Waals surface area contributed by atoms with Crippen LogP contribution in [-0.4, -0.2) is 5.91 Å². The van der Waals surface area contributed by atoms with Crippen LogP contribution in [0.3, 0.4) is 0 Å². The van der Waals surface area contributed by atoms with E-state index in [0.29, 0.717) is 11.3 Å². The molecule has 0 unspecified atom stereocenters. The van der Waals surface area contributed by atoms with Gasteiger partial charge in [-0.3, -0.25) is 4.79 Å². The summed E-state index contributed by atoms with van der Waals surface area (Å²) in [5.41, 5.74) is 0.683. The molecule has 1 aliphatic rings. The highest BCUT2D eigenvalue weighted by Crippen LogP contribution is 2.43. The zero-order chi connectivity index (χ0) is 14.9. The van der Waals surface area contributed by atoms with E-state index in [-0.39, 0.29) is 11.7 Å². The van der Waals surface area contributed by atoms with E-state index in [1.54, 1.807) is 30.4 Å². The Labute approximate surface area is 128 Å². The van der Waals surface area contributed by atoms with Crippen LogP contribution in [0.15, 0.2) is 35.7 Å². The van der Waals surface area contributed by atoms with Gasteiger partial charge in [-0.2, -0.15) is 0 Å². The van der Waals surface area contributed by atoms with Gasteiger partial charge in [-0.25, -0.2) is 4.39 Å². The predicted molar refractivity (Wildman–Crippen MR) is 84.2 cm³/mol. The van der Waals surface area contributed by atoms with Crippen molar-refractivity contribution in [2.24, 2.45) is 0 Å². The molecule has 1 heterocycles. The van der Waals surface area contributed by atoms with Crippen LogP contribution in [-0.2, 0) is 10.2 Å². The molecule has 0 bridgehead atoms. The van der Waals surface area contributed by atoms with E-state index in [0.717, 1.165) is 30.6 Å². The van der Waals surface area contributed by atoms with E-state index >= 15 is 0 Å². The van der Waals surface area contributed by atoms with Gasteiger partial charge < -0.3 is 5.32 Å². The Morgan fingerprint density at radius 2 is 2.05 bits per heavy atom. The average Bonchev–Trinajstić information content (AvgIpc) is 3.13. The van der Waals surface area contributed by atoms with Crippen LogP contribution in [0.2, 0.25) is 0 Å². The fourth-order valence-electron chi connectivity index (χ4n) is 3.04. The standard InChI is InChI=1S/C17H18FNOS/c1-12-6-7-13(11-14(12)18)19-16(20)17(8-2-3-9-17)15-5-4-10-21-15/h4-7,10-11H,2-3,8-9H2,1H3,(H,19,20). The normalized spacial score (nSPS) is 16.9. The first kappa shape index (κ1) is 14.3. The lowest BCUT2D eigenvalue weighted by atomic mass is 9.83. The van der Waals surface area contributed by atoms with Gasteiger partial charge >= 0.3 is 0 Å². The molecule has 0 aliphatic heterocycles. The second-order valence-electron chi connectivity index (χ2n) is 5.68. The van der Waals surface area contributed by atoms with Gasteiger partial charge in [0.25, 0.3) is 0 Å². The average molecular weight is 303 g/mol. The number of carbonyl (C=O) groups excluding carboxylic acids is 1. The highest BCUT2D eigenvalue weighted by molar-refractivity contribution is 7.10. The molecular formula is C17H18FNOS. The van der Waals surface area contributed by atoms with Crippen LogP contribution < -0.4 is 5.32 Å². The van der Waals surface area contributed by atoms with Crippen molar-refractivity contribution in [3.05, 3.63) is 52.0 Å². The van der Waals surface area contributed by atoms with Crippen molar-refractivity contribution in [2.75, 3.05) is 5.32 Å².